The van der Waals surface area contributed by atoms with Crippen LogP contribution in [0.2, 0.25) is 0 Å². The minimum absolute atomic E-state index is 0.282. The molecule has 0 spiro atoms. The smallest absolute Gasteiger partial charge is 0.223 e. The Balaban J connectivity index is 4.27. The summed E-state index contributed by atoms with van der Waals surface area (Å²) in [6, 6.07) is 0. The summed E-state index contributed by atoms with van der Waals surface area (Å²) in [6.07, 6.45) is 5.46. The predicted molar refractivity (Wildman–Crippen MR) is 145 cm³/mol. The van der Waals surface area contributed by atoms with Crippen molar-refractivity contribution in [2.24, 2.45) is 23.7 Å². The Labute approximate surface area is 207 Å². The van der Waals surface area contributed by atoms with Crippen LogP contribution in [-0.2, 0) is 9.59 Å². The van der Waals surface area contributed by atoms with Crippen LogP contribution in [-0.4, -0.2) is 59.3 Å². The maximum Gasteiger partial charge on any atom is 0.223 e. The van der Waals surface area contributed by atoms with Gasteiger partial charge in [0.15, 0.2) is 0 Å². The van der Waals surface area contributed by atoms with Crippen LogP contribution in [0.3, 0.4) is 0 Å². The number of nitrogens with zero attached hydrogens (tertiary/aromatic N) is 2. The zero-order valence-electron chi connectivity index (χ0n) is 22.3. The molecule has 0 aliphatic rings. The molecule has 0 fully saturated rings. The van der Waals surface area contributed by atoms with Gasteiger partial charge in [-0.15, -0.1) is 0 Å². The fourth-order valence-electron chi connectivity index (χ4n) is 3.07. The van der Waals surface area contributed by atoms with Gasteiger partial charge in [-0.1, -0.05) is 77.0 Å². The van der Waals surface area contributed by atoms with Gasteiger partial charge in [0.05, 0.1) is 0 Å². The molecule has 0 aromatic carbocycles. The van der Waals surface area contributed by atoms with Crippen LogP contribution in [0.1, 0.15) is 93.9 Å². The maximum atomic E-state index is 12.7. The van der Waals surface area contributed by atoms with E-state index in [-0.39, 0.29) is 11.8 Å². The minimum Gasteiger partial charge on any atom is -0.343 e. The Morgan fingerprint density at radius 2 is 0.781 bits per heavy atom. The molecule has 0 atom stereocenters. The zero-order valence-corrected chi connectivity index (χ0v) is 24.0. The largest absolute Gasteiger partial charge is 0.343 e. The van der Waals surface area contributed by atoms with Gasteiger partial charge in [0.2, 0.25) is 11.8 Å². The van der Waals surface area contributed by atoms with E-state index in [0.29, 0.717) is 36.5 Å². The predicted octanol–water partition coefficient (Wildman–Crippen LogP) is 6.99. The quantitative estimate of drug-likeness (QED) is 0.145. The highest BCUT2D eigenvalue weighted by Gasteiger charge is 2.16. The summed E-state index contributed by atoms with van der Waals surface area (Å²) in [5.74, 6) is 4.68. The second-order valence-electron chi connectivity index (χ2n) is 10.6. The van der Waals surface area contributed by atoms with E-state index in [4.69, 9.17) is 0 Å². The Morgan fingerprint density at radius 1 is 0.531 bits per heavy atom. The highest BCUT2D eigenvalue weighted by Crippen LogP contribution is 2.24. The molecule has 0 rings (SSSR count). The molecule has 6 heteroatoms. The summed E-state index contributed by atoms with van der Waals surface area (Å²) in [5, 5.41) is 0. The van der Waals surface area contributed by atoms with Crippen molar-refractivity contribution in [2.75, 3.05) is 37.7 Å². The normalized spacial score (nSPS) is 11.8. The summed E-state index contributed by atoms with van der Waals surface area (Å²) in [5.41, 5.74) is 0. The van der Waals surface area contributed by atoms with Crippen LogP contribution >= 0.6 is 21.6 Å². The lowest BCUT2D eigenvalue weighted by Gasteiger charge is -2.25. The lowest BCUT2D eigenvalue weighted by molar-refractivity contribution is -0.131. The summed E-state index contributed by atoms with van der Waals surface area (Å²) in [6.45, 7) is 21.2. The van der Waals surface area contributed by atoms with Gasteiger partial charge in [-0.25, -0.2) is 0 Å². The first-order valence-electron chi connectivity index (χ1n) is 12.8. The van der Waals surface area contributed by atoms with Crippen LogP contribution in [0.5, 0.6) is 0 Å². The van der Waals surface area contributed by atoms with E-state index in [2.05, 4.69) is 65.2 Å². The molecular weight excluding hydrogens is 436 g/mol. The molecule has 4 nitrogen and oxygen atoms in total. The Morgan fingerprint density at radius 3 is 1.00 bits per heavy atom. The summed E-state index contributed by atoms with van der Waals surface area (Å²) >= 11 is 0. The molecular formula is C26H52N2O2S2. The lowest BCUT2D eigenvalue weighted by atomic mass is 10.1. The molecule has 32 heavy (non-hydrogen) atoms. The topological polar surface area (TPSA) is 40.6 Å². The van der Waals surface area contributed by atoms with Crippen molar-refractivity contribution >= 4 is 33.4 Å². The molecule has 0 aromatic heterocycles. The van der Waals surface area contributed by atoms with Crippen LogP contribution < -0.4 is 0 Å². The Bertz CT molecular complexity index is 428. The third-order valence-corrected chi connectivity index (χ3v) is 7.90. The van der Waals surface area contributed by atoms with Crippen molar-refractivity contribution in [3.05, 3.63) is 0 Å². The molecule has 2 amide bonds. The Kier molecular flexibility index (Phi) is 18.8. The first-order valence-corrected chi connectivity index (χ1v) is 15.3. The van der Waals surface area contributed by atoms with E-state index in [1.54, 1.807) is 21.6 Å². The molecule has 190 valence electrons. The van der Waals surface area contributed by atoms with Crippen molar-refractivity contribution in [2.45, 2.75) is 93.9 Å². The molecule has 0 saturated heterocycles. The van der Waals surface area contributed by atoms with E-state index in [0.717, 1.165) is 63.4 Å². The highest BCUT2D eigenvalue weighted by molar-refractivity contribution is 8.76. The monoisotopic (exact) mass is 488 g/mol. The van der Waals surface area contributed by atoms with Crippen LogP contribution in [0.4, 0.5) is 0 Å². The van der Waals surface area contributed by atoms with E-state index < -0.39 is 0 Å². The molecule has 0 unspecified atom stereocenters. The summed E-state index contributed by atoms with van der Waals surface area (Å²) in [4.78, 5) is 29.5. The number of carbonyl (C=O) groups is 2. The van der Waals surface area contributed by atoms with E-state index in [9.17, 15) is 9.59 Å². The van der Waals surface area contributed by atoms with Crippen molar-refractivity contribution in [1.82, 2.24) is 9.80 Å². The van der Waals surface area contributed by atoms with Crippen LogP contribution in [0, 0.1) is 23.7 Å². The van der Waals surface area contributed by atoms with Gasteiger partial charge < -0.3 is 9.80 Å². The van der Waals surface area contributed by atoms with Gasteiger partial charge in [0.1, 0.15) is 0 Å². The van der Waals surface area contributed by atoms with E-state index >= 15 is 0 Å². The van der Waals surface area contributed by atoms with Gasteiger partial charge in [0, 0.05) is 50.5 Å². The van der Waals surface area contributed by atoms with Gasteiger partial charge >= 0.3 is 0 Å². The SMILES string of the molecule is CC(C)CCN(CCC(C)C)C(=O)CCSSCCC(=O)N(CCC(C)C)CCC(C)C. The molecule has 0 aromatic rings. The lowest BCUT2D eigenvalue weighted by Crippen LogP contribution is -2.34. The average Bonchev–Trinajstić information content (AvgIpc) is 2.69. The van der Waals surface area contributed by atoms with Gasteiger partial charge in [-0.2, -0.15) is 0 Å². The van der Waals surface area contributed by atoms with Crippen molar-refractivity contribution in [3.8, 4) is 0 Å². The third-order valence-electron chi connectivity index (χ3n) is 5.49. The van der Waals surface area contributed by atoms with Crippen LogP contribution in [0.15, 0.2) is 0 Å². The fourth-order valence-corrected chi connectivity index (χ4v) is 5.03. The van der Waals surface area contributed by atoms with E-state index in [1.165, 1.54) is 0 Å². The third kappa shape index (κ3) is 18.1. The summed E-state index contributed by atoms with van der Waals surface area (Å²) < 4.78 is 0. The highest BCUT2D eigenvalue weighted by atomic mass is 33.1. The summed E-state index contributed by atoms with van der Waals surface area (Å²) in [7, 11) is 3.47. The second-order valence-corrected chi connectivity index (χ2v) is 13.3. The fraction of sp³-hybridized carbons (Fsp3) is 0.923. The van der Waals surface area contributed by atoms with Crippen molar-refractivity contribution in [3.63, 3.8) is 0 Å². The number of amides is 2. The molecule has 0 N–H and O–H groups in total. The minimum atomic E-state index is 0.282. The maximum absolute atomic E-state index is 12.7. The molecule has 0 aliphatic heterocycles. The van der Waals surface area contributed by atoms with Gasteiger partial charge in [-0.3, -0.25) is 9.59 Å². The molecule has 0 radical (unpaired) electrons. The number of hydrogen-bond donors (Lipinski definition) is 0. The van der Waals surface area contributed by atoms with Gasteiger partial charge in [-0.05, 0) is 49.4 Å². The van der Waals surface area contributed by atoms with Crippen molar-refractivity contribution < 1.29 is 9.59 Å². The average molecular weight is 489 g/mol. The number of hydrogen-bond acceptors (Lipinski definition) is 4. The number of carbonyl (C=O) groups excluding carboxylic acids is 2. The van der Waals surface area contributed by atoms with Crippen LogP contribution in [0.25, 0.3) is 0 Å². The van der Waals surface area contributed by atoms with Crippen molar-refractivity contribution in [1.29, 1.82) is 0 Å². The molecule has 0 aliphatic carbocycles. The Hall–Kier alpha value is -0.360. The molecule has 0 bridgehead atoms. The first-order chi connectivity index (χ1) is 15.0. The molecule has 0 saturated carbocycles. The number of rotatable bonds is 19. The second kappa shape index (κ2) is 19.0. The molecule has 0 heterocycles. The van der Waals surface area contributed by atoms with Gasteiger partial charge in [0.25, 0.3) is 0 Å². The van der Waals surface area contributed by atoms with E-state index in [1.807, 2.05) is 0 Å². The first kappa shape index (κ1) is 31.6. The standard InChI is InChI=1S/C26H52N2O2S2/c1-21(2)9-15-27(16-10-22(3)4)25(29)13-19-31-32-20-14-26(30)28(17-11-23(5)6)18-12-24(7)8/h21-24H,9-20H2,1-8H3. The zero-order chi connectivity index (χ0) is 24.5.